The first kappa shape index (κ1) is 21.3. The van der Waals surface area contributed by atoms with Crippen molar-refractivity contribution in [1.82, 2.24) is 10.6 Å². The molecule has 0 saturated carbocycles. The molecule has 0 bridgehead atoms. The molecule has 144 valence electrons. The number of benzene rings is 2. The summed E-state index contributed by atoms with van der Waals surface area (Å²) >= 11 is 7.65. The second-order valence-corrected chi connectivity index (χ2v) is 7.35. The number of amides is 2. The first-order valence-electron chi connectivity index (χ1n) is 8.57. The average molecular weight is 409 g/mol. The van der Waals surface area contributed by atoms with Crippen LogP contribution in [0.2, 0.25) is 5.02 Å². The second-order valence-electron chi connectivity index (χ2n) is 5.96. The van der Waals surface area contributed by atoms with E-state index in [4.69, 9.17) is 11.6 Å². The van der Waals surface area contributed by atoms with Gasteiger partial charge >= 0.3 is 0 Å². The van der Waals surface area contributed by atoms with Crippen LogP contribution in [0.4, 0.5) is 4.39 Å². The van der Waals surface area contributed by atoms with Gasteiger partial charge in [0.25, 0.3) is 5.91 Å². The largest absolute Gasteiger partial charge is 0.354 e. The van der Waals surface area contributed by atoms with Gasteiger partial charge in [0.05, 0.1) is 10.6 Å². The van der Waals surface area contributed by atoms with E-state index in [9.17, 15) is 14.0 Å². The fraction of sp³-hybridized carbons (Fsp3) is 0.300. The van der Waals surface area contributed by atoms with Gasteiger partial charge in [-0.05, 0) is 54.7 Å². The molecule has 4 nitrogen and oxygen atoms in total. The summed E-state index contributed by atoms with van der Waals surface area (Å²) in [6.07, 6.45) is 2.95. The maximum atomic E-state index is 13.2. The fourth-order valence-corrected chi connectivity index (χ4v) is 3.22. The maximum Gasteiger partial charge on any atom is 0.253 e. The van der Waals surface area contributed by atoms with Gasteiger partial charge in [-0.25, -0.2) is 4.39 Å². The number of hydrogen-bond acceptors (Lipinski definition) is 3. The van der Waals surface area contributed by atoms with Gasteiger partial charge in [-0.2, -0.15) is 11.8 Å². The van der Waals surface area contributed by atoms with E-state index in [0.717, 1.165) is 11.3 Å². The van der Waals surface area contributed by atoms with Crippen LogP contribution in [0.5, 0.6) is 0 Å². The average Bonchev–Trinajstić information content (AvgIpc) is 2.65. The molecular formula is C20H22ClFN2O2S. The molecule has 2 aromatic carbocycles. The molecule has 27 heavy (non-hydrogen) atoms. The summed E-state index contributed by atoms with van der Waals surface area (Å²) in [6.45, 7) is 0.361. The van der Waals surface area contributed by atoms with Crippen LogP contribution in [-0.2, 0) is 11.2 Å². The molecule has 0 radical (unpaired) electrons. The monoisotopic (exact) mass is 408 g/mol. The van der Waals surface area contributed by atoms with E-state index in [0.29, 0.717) is 30.0 Å². The number of hydrogen-bond donors (Lipinski definition) is 2. The fourth-order valence-electron chi connectivity index (χ4n) is 2.53. The predicted octanol–water partition coefficient (Wildman–Crippen LogP) is 3.69. The summed E-state index contributed by atoms with van der Waals surface area (Å²) in [6, 6.07) is 12.3. The molecule has 0 saturated heterocycles. The van der Waals surface area contributed by atoms with Crippen LogP contribution in [0.1, 0.15) is 22.3 Å². The molecule has 0 heterocycles. The smallest absolute Gasteiger partial charge is 0.253 e. The van der Waals surface area contributed by atoms with Crippen molar-refractivity contribution in [3.63, 3.8) is 0 Å². The predicted molar refractivity (Wildman–Crippen MR) is 109 cm³/mol. The van der Waals surface area contributed by atoms with E-state index in [-0.39, 0.29) is 17.6 Å². The molecule has 2 rings (SSSR count). The van der Waals surface area contributed by atoms with Crippen molar-refractivity contribution in [3.8, 4) is 0 Å². The van der Waals surface area contributed by atoms with Gasteiger partial charge < -0.3 is 10.6 Å². The highest BCUT2D eigenvalue weighted by atomic mass is 35.5. The SMILES string of the molecule is CSCCC(NC(=O)c1ccccc1Cl)C(=O)NCCc1cccc(F)c1. The molecule has 0 aromatic heterocycles. The Morgan fingerprint density at radius 2 is 1.96 bits per heavy atom. The molecule has 1 atom stereocenters. The van der Waals surface area contributed by atoms with Gasteiger partial charge in [-0.1, -0.05) is 35.9 Å². The van der Waals surface area contributed by atoms with Crippen molar-refractivity contribution >= 4 is 35.2 Å². The number of carbonyl (C=O) groups is 2. The highest BCUT2D eigenvalue weighted by Crippen LogP contribution is 2.15. The minimum absolute atomic E-state index is 0.263. The van der Waals surface area contributed by atoms with E-state index in [2.05, 4.69) is 10.6 Å². The molecular weight excluding hydrogens is 387 g/mol. The van der Waals surface area contributed by atoms with Crippen LogP contribution in [0.15, 0.2) is 48.5 Å². The van der Waals surface area contributed by atoms with E-state index < -0.39 is 6.04 Å². The normalized spacial score (nSPS) is 11.7. The molecule has 1 unspecified atom stereocenters. The summed E-state index contributed by atoms with van der Waals surface area (Å²) in [7, 11) is 0. The maximum absolute atomic E-state index is 13.2. The standard InChI is InChI=1S/C20H22ClFN2O2S/c1-27-12-10-18(24-19(25)16-7-2-3-8-17(16)21)20(26)23-11-9-14-5-4-6-15(22)13-14/h2-8,13,18H,9-12H2,1H3,(H,23,26)(H,24,25). The van der Waals surface area contributed by atoms with Crippen molar-refractivity contribution in [3.05, 3.63) is 70.5 Å². The van der Waals surface area contributed by atoms with Crippen LogP contribution >= 0.6 is 23.4 Å². The Morgan fingerprint density at radius 1 is 1.19 bits per heavy atom. The van der Waals surface area contributed by atoms with E-state index in [1.54, 1.807) is 48.2 Å². The number of nitrogens with one attached hydrogen (secondary N) is 2. The number of carbonyl (C=O) groups excluding carboxylic acids is 2. The van der Waals surface area contributed by atoms with Crippen molar-refractivity contribution < 1.29 is 14.0 Å². The molecule has 0 aliphatic carbocycles. The molecule has 0 spiro atoms. The third-order valence-corrected chi connectivity index (χ3v) is 4.93. The zero-order valence-electron chi connectivity index (χ0n) is 15.0. The quantitative estimate of drug-likeness (QED) is 0.665. The molecule has 0 aliphatic heterocycles. The Hall–Kier alpha value is -2.05. The third kappa shape index (κ3) is 6.88. The van der Waals surface area contributed by atoms with Crippen LogP contribution in [0.3, 0.4) is 0 Å². The van der Waals surface area contributed by atoms with Gasteiger partial charge in [0, 0.05) is 6.54 Å². The Bertz CT molecular complexity index is 788. The second kappa shape index (κ2) is 10.9. The number of rotatable bonds is 9. The zero-order valence-corrected chi connectivity index (χ0v) is 16.6. The summed E-state index contributed by atoms with van der Waals surface area (Å²) < 4.78 is 13.2. The summed E-state index contributed by atoms with van der Waals surface area (Å²) in [5.41, 5.74) is 1.14. The van der Waals surface area contributed by atoms with Gasteiger partial charge in [0.15, 0.2) is 0 Å². The lowest BCUT2D eigenvalue weighted by atomic mass is 10.1. The molecule has 2 aromatic rings. The Kier molecular flexibility index (Phi) is 8.61. The third-order valence-electron chi connectivity index (χ3n) is 3.95. The lowest BCUT2D eigenvalue weighted by Crippen LogP contribution is -2.47. The minimum atomic E-state index is -0.659. The zero-order chi connectivity index (χ0) is 19.6. The first-order valence-corrected chi connectivity index (χ1v) is 10.3. The summed E-state index contributed by atoms with van der Waals surface area (Å²) in [5.74, 6) is -0.221. The molecule has 0 fully saturated rings. The number of halogens is 2. The number of thioether (sulfide) groups is 1. The molecule has 2 N–H and O–H groups in total. The van der Waals surface area contributed by atoms with Gasteiger partial charge in [0.1, 0.15) is 11.9 Å². The van der Waals surface area contributed by atoms with Crippen molar-refractivity contribution in [2.24, 2.45) is 0 Å². The molecule has 0 aliphatic rings. The summed E-state index contributed by atoms with van der Waals surface area (Å²) in [5, 5.41) is 5.91. The van der Waals surface area contributed by atoms with Crippen LogP contribution in [-0.4, -0.2) is 36.4 Å². The van der Waals surface area contributed by atoms with Crippen molar-refractivity contribution in [2.45, 2.75) is 18.9 Å². The first-order chi connectivity index (χ1) is 13.0. The van der Waals surface area contributed by atoms with Crippen LogP contribution in [0, 0.1) is 5.82 Å². The van der Waals surface area contributed by atoms with Crippen molar-refractivity contribution in [2.75, 3.05) is 18.6 Å². The van der Waals surface area contributed by atoms with Gasteiger partial charge in [-0.15, -0.1) is 0 Å². The topological polar surface area (TPSA) is 58.2 Å². The van der Waals surface area contributed by atoms with E-state index in [1.165, 1.54) is 12.1 Å². The molecule has 7 heteroatoms. The van der Waals surface area contributed by atoms with Gasteiger partial charge in [0.2, 0.25) is 5.91 Å². The van der Waals surface area contributed by atoms with Gasteiger partial charge in [-0.3, -0.25) is 9.59 Å². The summed E-state index contributed by atoms with van der Waals surface area (Å²) in [4.78, 5) is 25.0. The van der Waals surface area contributed by atoms with Crippen molar-refractivity contribution in [1.29, 1.82) is 0 Å². The lowest BCUT2D eigenvalue weighted by Gasteiger charge is -2.18. The highest BCUT2D eigenvalue weighted by molar-refractivity contribution is 7.98. The van der Waals surface area contributed by atoms with E-state index in [1.807, 2.05) is 6.26 Å². The van der Waals surface area contributed by atoms with Crippen LogP contribution < -0.4 is 10.6 Å². The molecule has 2 amide bonds. The Labute approximate surface area is 167 Å². The highest BCUT2D eigenvalue weighted by Gasteiger charge is 2.21. The van der Waals surface area contributed by atoms with Crippen LogP contribution in [0.25, 0.3) is 0 Å². The lowest BCUT2D eigenvalue weighted by molar-refractivity contribution is -0.122. The Balaban J connectivity index is 1.94. The minimum Gasteiger partial charge on any atom is -0.354 e. The van der Waals surface area contributed by atoms with E-state index >= 15 is 0 Å². The Morgan fingerprint density at radius 3 is 2.67 bits per heavy atom.